The second-order valence-electron chi connectivity index (χ2n) is 12.1. The Morgan fingerprint density at radius 2 is 0.735 bits per heavy atom. The van der Waals surface area contributed by atoms with Gasteiger partial charge in [-0.2, -0.15) is 0 Å². The first-order chi connectivity index (χ1) is 24.3. The van der Waals surface area contributed by atoms with Crippen molar-refractivity contribution in [3.63, 3.8) is 0 Å². The summed E-state index contributed by atoms with van der Waals surface area (Å²) in [6.45, 7) is 0. The maximum Gasteiger partial charge on any atom is 0.164 e. The molecule has 0 unspecified atom stereocenters. The van der Waals surface area contributed by atoms with Gasteiger partial charge in [0.15, 0.2) is 17.5 Å². The van der Waals surface area contributed by atoms with E-state index in [0.29, 0.717) is 17.5 Å². The van der Waals surface area contributed by atoms with Crippen LogP contribution < -0.4 is 0 Å². The highest BCUT2D eigenvalue weighted by Crippen LogP contribution is 2.36. The molecule has 0 aliphatic heterocycles. The first kappa shape index (κ1) is 28.6. The number of hydrogen-bond donors (Lipinski definition) is 0. The van der Waals surface area contributed by atoms with E-state index in [9.17, 15) is 0 Å². The van der Waals surface area contributed by atoms with Gasteiger partial charge in [0.2, 0.25) is 0 Å². The molecule has 0 bridgehead atoms. The maximum absolute atomic E-state index is 5.11. The van der Waals surface area contributed by atoms with E-state index < -0.39 is 0 Å². The number of benzene rings is 7. The van der Waals surface area contributed by atoms with Gasteiger partial charge in [-0.3, -0.25) is 0 Å². The average Bonchev–Trinajstić information content (AvgIpc) is 3.52. The lowest BCUT2D eigenvalue weighted by atomic mass is 10.0. The van der Waals surface area contributed by atoms with E-state index in [2.05, 4.69) is 144 Å². The van der Waals surface area contributed by atoms with E-state index in [4.69, 9.17) is 15.0 Å². The minimum atomic E-state index is 0.632. The van der Waals surface area contributed by atoms with Crippen molar-refractivity contribution in [2.45, 2.75) is 0 Å². The van der Waals surface area contributed by atoms with Crippen LogP contribution in [0.5, 0.6) is 0 Å². The summed E-state index contributed by atoms with van der Waals surface area (Å²) in [5, 5.41) is 2.38. The lowest BCUT2D eigenvalue weighted by Gasteiger charge is -2.11. The number of nitrogens with zero attached hydrogens (tertiary/aromatic N) is 4. The lowest BCUT2D eigenvalue weighted by molar-refractivity contribution is 1.07. The molecule has 0 radical (unpaired) electrons. The molecule has 0 aliphatic carbocycles. The van der Waals surface area contributed by atoms with Crippen LogP contribution in [0.4, 0.5) is 0 Å². The second kappa shape index (κ2) is 12.2. The van der Waals surface area contributed by atoms with Crippen molar-refractivity contribution in [3.8, 4) is 62.1 Å². The quantitative estimate of drug-likeness (QED) is 0.184. The van der Waals surface area contributed by atoms with Gasteiger partial charge in [0, 0.05) is 33.2 Å². The largest absolute Gasteiger partial charge is 0.309 e. The van der Waals surface area contributed by atoms with Crippen LogP contribution in [0.15, 0.2) is 182 Å². The first-order valence-corrected chi connectivity index (χ1v) is 16.5. The summed E-state index contributed by atoms with van der Waals surface area (Å²) in [6.07, 6.45) is 0. The summed E-state index contributed by atoms with van der Waals surface area (Å²) in [4.78, 5) is 15.2. The highest BCUT2D eigenvalue weighted by molar-refractivity contribution is 6.10. The molecule has 49 heavy (non-hydrogen) atoms. The van der Waals surface area contributed by atoms with Gasteiger partial charge in [-0.05, 0) is 52.6 Å². The van der Waals surface area contributed by atoms with Crippen LogP contribution in [-0.2, 0) is 0 Å². The zero-order chi connectivity index (χ0) is 32.6. The molecule has 0 fully saturated rings. The summed E-state index contributed by atoms with van der Waals surface area (Å²) >= 11 is 0. The summed E-state index contributed by atoms with van der Waals surface area (Å²) in [7, 11) is 0. The molecule has 0 atom stereocenters. The molecular weight excluding hydrogens is 597 g/mol. The van der Waals surface area contributed by atoms with Gasteiger partial charge in [0.05, 0.1) is 11.0 Å². The molecule has 2 heterocycles. The predicted octanol–water partition coefficient (Wildman–Crippen LogP) is 11.3. The standard InChI is InChI=1S/C45H30N4/c1-4-13-31(14-5-1)33-23-26-38(27-24-33)49-41-22-11-10-21-39(41)40-28-25-37(30-42(40)49)45-47-43(34-17-8-3-9-18-34)46-44(48-45)36-20-12-19-35(29-36)32-15-6-2-7-16-32/h1-30H. The number of rotatable bonds is 6. The van der Waals surface area contributed by atoms with Gasteiger partial charge in [0.1, 0.15) is 0 Å². The Morgan fingerprint density at radius 1 is 0.286 bits per heavy atom. The molecule has 0 amide bonds. The molecule has 4 nitrogen and oxygen atoms in total. The predicted molar refractivity (Wildman–Crippen MR) is 201 cm³/mol. The van der Waals surface area contributed by atoms with E-state index in [1.54, 1.807) is 0 Å². The summed E-state index contributed by atoms with van der Waals surface area (Å²) in [5.41, 5.74) is 10.8. The third kappa shape index (κ3) is 5.35. The number of aromatic nitrogens is 4. The van der Waals surface area contributed by atoms with Crippen molar-refractivity contribution in [2.24, 2.45) is 0 Å². The van der Waals surface area contributed by atoms with Crippen LogP contribution in [-0.4, -0.2) is 19.5 Å². The Bertz CT molecular complexity index is 2570. The average molecular weight is 627 g/mol. The third-order valence-electron chi connectivity index (χ3n) is 9.06. The minimum Gasteiger partial charge on any atom is -0.309 e. The smallest absolute Gasteiger partial charge is 0.164 e. The van der Waals surface area contributed by atoms with Crippen LogP contribution in [0.2, 0.25) is 0 Å². The molecule has 7 aromatic carbocycles. The van der Waals surface area contributed by atoms with E-state index in [0.717, 1.165) is 44.5 Å². The van der Waals surface area contributed by atoms with Crippen molar-refractivity contribution in [1.29, 1.82) is 0 Å². The Labute approximate surface area is 284 Å². The Balaban J connectivity index is 1.21. The highest BCUT2D eigenvalue weighted by atomic mass is 15.0. The van der Waals surface area contributed by atoms with E-state index in [-0.39, 0.29) is 0 Å². The molecule has 9 rings (SSSR count). The molecule has 0 saturated carbocycles. The Hall–Kier alpha value is -6.65. The highest BCUT2D eigenvalue weighted by Gasteiger charge is 2.17. The monoisotopic (exact) mass is 626 g/mol. The fourth-order valence-electron chi connectivity index (χ4n) is 6.64. The van der Waals surface area contributed by atoms with Crippen molar-refractivity contribution in [1.82, 2.24) is 19.5 Å². The van der Waals surface area contributed by atoms with E-state index in [1.165, 1.54) is 21.9 Å². The van der Waals surface area contributed by atoms with Gasteiger partial charge in [-0.15, -0.1) is 0 Å². The summed E-state index contributed by atoms with van der Waals surface area (Å²) in [6, 6.07) is 63.4. The molecule has 0 saturated heterocycles. The molecule has 0 aliphatic rings. The Morgan fingerprint density at radius 3 is 1.41 bits per heavy atom. The van der Waals surface area contributed by atoms with Crippen molar-refractivity contribution >= 4 is 21.8 Å². The van der Waals surface area contributed by atoms with Gasteiger partial charge in [-0.1, -0.05) is 152 Å². The molecule has 2 aromatic heterocycles. The fraction of sp³-hybridized carbons (Fsp3) is 0. The zero-order valence-corrected chi connectivity index (χ0v) is 26.6. The van der Waals surface area contributed by atoms with Crippen LogP contribution in [0, 0.1) is 0 Å². The van der Waals surface area contributed by atoms with Crippen LogP contribution in [0.25, 0.3) is 83.9 Å². The Kier molecular flexibility index (Phi) is 7.10. The molecule has 4 heteroatoms. The van der Waals surface area contributed by atoms with Crippen LogP contribution in [0.3, 0.4) is 0 Å². The van der Waals surface area contributed by atoms with Gasteiger partial charge in [0.25, 0.3) is 0 Å². The number of para-hydroxylation sites is 1. The van der Waals surface area contributed by atoms with Crippen LogP contribution in [0.1, 0.15) is 0 Å². The van der Waals surface area contributed by atoms with E-state index in [1.807, 2.05) is 42.5 Å². The first-order valence-electron chi connectivity index (χ1n) is 16.5. The van der Waals surface area contributed by atoms with Gasteiger partial charge in [-0.25, -0.2) is 15.0 Å². The van der Waals surface area contributed by atoms with Gasteiger partial charge < -0.3 is 4.57 Å². The van der Waals surface area contributed by atoms with E-state index >= 15 is 0 Å². The van der Waals surface area contributed by atoms with Crippen molar-refractivity contribution in [3.05, 3.63) is 182 Å². The topological polar surface area (TPSA) is 43.6 Å². The van der Waals surface area contributed by atoms with Gasteiger partial charge >= 0.3 is 0 Å². The second-order valence-corrected chi connectivity index (χ2v) is 12.1. The molecule has 230 valence electrons. The minimum absolute atomic E-state index is 0.632. The van der Waals surface area contributed by atoms with Crippen molar-refractivity contribution in [2.75, 3.05) is 0 Å². The molecular formula is C45H30N4. The molecule has 9 aromatic rings. The molecule has 0 N–H and O–H groups in total. The zero-order valence-electron chi connectivity index (χ0n) is 26.6. The summed E-state index contributed by atoms with van der Waals surface area (Å²) < 4.78 is 2.34. The lowest BCUT2D eigenvalue weighted by Crippen LogP contribution is -2.00. The fourth-order valence-corrected chi connectivity index (χ4v) is 6.64. The molecule has 0 spiro atoms. The number of fused-ring (bicyclic) bond motifs is 3. The normalized spacial score (nSPS) is 11.3. The maximum atomic E-state index is 5.11. The number of hydrogen-bond acceptors (Lipinski definition) is 3. The third-order valence-corrected chi connectivity index (χ3v) is 9.06. The summed E-state index contributed by atoms with van der Waals surface area (Å²) in [5.74, 6) is 1.91. The van der Waals surface area contributed by atoms with Crippen LogP contribution >= 0.6 is 0 Å². The SMILES string of the molecule is c1ccc(-c2ccc(-n3c4ccccc4c4ccc(-c5nc(-c6ccccc6)nc(-c6cccc(-c7ccccc7)c6)n5)cc43)cc2)cc1. The van der Waals surface area contributed by atoms with Crippen molar-refractivity contribution < 1.29 is 0 Å².